The van der Waals surface area contributed by atoms with Crippen LogP contribution in [0.15, 0.2) is 30.3 Å². The fourth-order valence-electron chi connectivity index (χ4n) is 1.49. The van der Waals surface area contributed by atoms with Crippen LogP contribution in [0.2, 0.25) is 9.36 Å². The van der Waals surface area contributed by atoms with E-state index in [-0.39, 0.29) is 0 Å². The highest BCUT2D eigenvalue weighted by atomic mass is 35.5. The molecule has 0 aliphatic carbocycles. The van der Waals surface area contributed by atoms with Gasteiger partial charge in [0.1, 0.15) is 11.9 Å². The number of methoxy groups -OCH3 is 1. The fourth-order valence-corrected chi connectivity index (χ4v) is 2.83. The van der Waals surface area contributed by atoms with Crippen molar-refractivity contribution in [3.8, 4) is 5.75 Å². The van der Waals surface area contributed by atoms with E-state index in [0.717, 1.165) is 4.88 Å². The molecule has 0 bridgehead atoms. The highest BCUT2D eigenvalue weighted by Gasteiger charge is 2.14. The minimum absolute atomic E-state index is 0.478. The molecule has 1 unspecified atom stereocenters. The van der Waals surface area contributed by atoms with E-state index >= 15 is 0 Å². The Morgan fingerprint density at radius 3 is 2.53 bits per heavy atom. The molecule has 2 aromatic rings. The molecule has 0 fully saturated rings. The molecule has 0 aliphatic rings. The van der Waals surface area contributed by atoms with Crippen LogP contribution < -0.4 is 4.74 Å². The number of halogens is 2. The molecule has 1 atom stereocenters. The monoisotopic (exact) mass is 288 g/mol. The van der Waals surface area contributed by atoms with Crippen LogP contribution in [-0.2, 0) is 0 Å². The van der Waals surface area contributed by atoms with Gasteiger partial charge in [-0.05, 0) is 29.8 Å². The summed E-state index contributed by atoms with van der Waals surface area (Å²) in [7, 11) is 1.55. The predicted molar refractivity (Wildman–Crippen MR) is 71.4 cm³/mol. The first-order valence-corrected chi connectivity index (χ1v) is 6.46. The van der Waals surface area contributed by atoms with E-state index in [0.29, 0.717) is 20.7 Å². The molecule has 5 heteroatoms. The molecule has 1 aromatic heterocycles. The Kier molecular flexibility index (Phi) is 3.94. The number of hydrogen-bond acceptors (Lipinski definition) is 3. The van der Waals surface area contributed by atoms with Gasteiger partial charge in [0.15, 0.2) is 0 Å². The van der Waals surface area contributed by atoms with Crippen LogP contribution in [0.1, 0.15) is 16.5 Å². The van der Waals surface area contributed by atoms with E-state index in [1.807, 2.05) is 0 Å². The third-order valence-electron chi connectivity index (χ3n) is 2.36. The number of thiophene rings is 1. The smallest absolute Gasteiger partial charge is 0.137 e. The van der Waals surface area contributed by atoms with Crippen LogP contribution in [0.25, 0.3) is 0 Å². The second-order valence-electron chi connectivity index (χ2n) is 3.44. The van der Waals surface area contributed by atoms with Gasteiger partial charge in [0, 0.05) is 4.88 Å². The average molecular weight is 289 g/mol. The SMILES string of the molecule is COc1ccc(C(O)c2ccc(Cl)s2)cc1Cl. The number of hydrogen-bond donors (Lipinski definition) is 1. The summed E-state index contributed by atoms with van der Waals surface area (Å²) in [5.41, 5.74) is 0.717. The van der Waals surface area contributed by atoms with Gasteiger partial charge in [-0.1, -0.05) is 29.3 Å². The Hall–Kier alpha value is -0.740. The molecule has 1 N–H and O–H groups in total. The van der Waals surface area contributed by atoms with Gasteiger partial charge in [-0.3, -0.25) is 0 Å². The maximum Gasteiger partial charge on any atom is 0.137 e. The number of aliphatic hydroxyl groups is 1. The molecule has 0 saturated heterocycles. The maximum atomic E-state index is 10.1. The average Bonchev–Trinajstić information content (AvgIpc) is 2.75. The van der Waals surface area contributed by atoms with E-state index in [2.05, 4.69) is 0 Å². The quantitative estimate of drug-likeness (QED) is 0.920. The second kappa shape index (κ2) is 5.27. The van der Waals surface area contributed by atoms with Crippen molar-refractivity contribution in [2.24, 2.45) is 0 Å². The van der Waals surface area contributed by atoms with Crippen LogP contribution in [0.5, 0.6) is 5.75 Å². The van der Waals surface area contributed by atoms with Crippen molar-refractivity contribution in [3.05, 3.63) is 50.1 Å². The minimum atomic E-state index is -0.712. The molecule has 1 heterocycles. The first-order chi connectivity index (χ1) is 8.11. The van der Waals surface area contributed by atoms with Crippen LogP contribution >= 0.6 is 34.5 Å². The van der Waals surface area contributed by atoms with Crippen molar-refractivity contribution in [2.45, 2.75) is 6.10 Å². The lowest BCUT2D eigenvalue weighted by atomic mass is 10.1. The van der Waals surface area contributed by atoms with E-state index in [1.165, 1.54) is 11.3 Å². The summed E-state index contributed by atoms with van der Waals surface area (Å²) in [6, 6.07) is 8.77. The number of aliphatic hydroxyl groups excluding tert-OH is 1. The molecular formula is C12H10Cl2O2S. The number of benzene rings is 1. The molecule has 0 amide bonds. The van der Waals surface area contributed by atoms with E-state index in [9.17, 15) is 5.11 Å². The second-order valence-corrected chi connectivity index (χ2v) is 5.59. The summed E-state index contributed by atoms with van der Waals surface area (Å²) in [6.07, 6.45) is -0.712. The van der Waals surface area contributed by atoms with Gasteiger partial charge >= 0.3 is 0 Å². The van der Waals surface area contributed by atoms with Gasteiger partial charge in [-0.2, -0.15) is 0 Å². The lowest BCUT2D eigenvalue weighted by Crippen LogP contribution is -1.97. The van der Waals surface area contributed by atoms with Crippen LogP contribution in [0.4, 0.5) is 0 Å². The normalized spacial score (nSPS) is 12.5. The number of rotatable bonds is 3. The lowest BCUT2D eigenvalue weighted by Gasteiger charge is -2.11. The van der Waals surface area contributed by atoms with Gasteiger partial charge in [0.2, 0.25) is 0 Å². The standard InChI is InChI=1S/C12H10Cl2O2S/c1-16-9-3-2-7(6-8(9)13)12(15)10-4-5-11(14)17-10/h2-6,12,15H,1H3. The topological polar surface area (TPSA) is 29.5 Å². The van der Waals surface area contributed by atoms with E-state index < -0.39 is 6.10 Å². The zero-order valence-corrected chi connectivity index (χ0v) is 11.3. The van der Waals surface area contributed by atoms with Crippen molar-refractivity contribution in [3.63, 3.8) is 0 Å². The van der Waals surface area contributed by atoms with Gasteiger partial charge in [0.25, 0.3) is 0 Å². The van der Waals surface area contributed by atoms with E-state index in [1.54, 1.807) is 37.4 Å². The Morgan fingerprint density at radius 1 is 1.24 bits per heavy atom. The number of ether oxygens (including phenoxy) is 1. The Labute approximate surface area is 113 Å². The highest BCUT2D eigenvalue weighted by Crippen LogP contribution is 2.34. The predicted octanol–water partition coefficient (Wildman–Crippen LogP) is 4.15. The zero-order valence-electron chi connectivity index (χ0n) is 8.98. The molecule has 0 saturated carbocycles. The molecule has 90 valence electrons. The van der Waals surface area contributed by atoms with Gasteiger partial charge in [-0.15, -0.1) is 11.3 Å². The van der Waals surface area contributed by atoms with Crippen LogP contribution in [0.3, 0.4) is 0 Å². The van der Waals surface area contributed by atoms with Crippen LogP contribution in [0, 0.1) is 0 Å². The highest BCUT2D eigenvalue weighted by molar-refractivity contribution is 7.16. The molecule has 2 nitrogen and oxygen atoms in total. The zero-order chi connectivity index (χ0) is 12.4. The summed E-state index contributed by atoms with van der Waals surface area (Å²) in [5.74, 6) is 0.590. The van der Waals surface area contributed by atoms with Crippen molar-refractivity contribution in [2.75, 3.05) is 7.11 Å². The molecule has 1 aromatic carbocycles. The van der Waals surface area contributed by atoms with Gasteiger partial charge < -0.3 is 9.84 Å². The molecular weight excluding hydrogens is 279 g/mol. The lowest BCUT2D eigenvalue weighted by molar-refractivity contribution is 0.224. The summed E-state index contributed by atoms with van der Waals surface area (Å²) >= 11 is 13.2. The largest absolute Gasteiger partial charge is 0.495 e. The Bertz CT molecular complexity index is 525. The summed E-state index contributed by atoms with van der Waals surface area (Å²) in [4.78, 5) is 0.788. The Morgan fingerprint density at radius 2 is 2.00 bits per heavy atom. The molecule has 0 aliphatic heterocycles. The summed E-state index contributed by atoms with van der Waals surface area (Å²) in [6.45, 7) is 0. The molecule has 0 radical (unpaired) electrons. The first kappa shape index (κ1) is 12.7. The Balaban J connectivity index is 2.31. The van der Waals surface area contributed by atoms with Crippen molar-refractivity contribution in [1.29, 1.82) is 0 Å². The fraction of sp³-hybridized carbons (Fsp3) is 0.167. The third-order valence-corrected chi connectivity index (χ3v) is 3.93. The molecule has 17 heavy (non-hydrogen) atoms. The third kappa shape index (κ3) is 2.75. The minimum Gasteiger partial charge on any atom is -0.495 e. The van der Waals surface area contributed by atoms with Crippen molar-refractivity contribution < 1.29 is 9.84 Å². The van der Waals surface area contributed by atoms with Gasteiger partial charge in [-0.25, -0.2) is 0 Å². The maximum absolute atomic E-state index is 10.1. The summed E-state index contributed by atoms with van der Waals surface area (Å²) in [5, 5.41) is 10.6. The first-order valence-electron chi connectivity index (χ1n) is 4.88. The van der Waals surface area contributed by atoms with Crippen LogP contribution in [-0.4, -0.2) is 12.2 Å². The summed E-state index contributed by atoms with van der Waals surface area (Å²) < 4.78 is 5.71. The van der Waals surface area contributed by atoms with Crippen molar-refractivity contribution >= 4 is 34.5 Å². The molecule has 2 rings (SSSR count). The van der Waals surface area contributed by atoms with E-state index in [4.69, 9.17) is 27.9 Å². The van der Waals surface area contributed by atoms with Gasteiger partial charge in [0.05, 0.1) is 16.5 Å². The van der Waals surface area contributed by atoms with Crippen molar-refractivity contribution in [1.82, 2.24) is 0 Å². The molecule has 0 spiro atoms.